The first-order chi connectivity index (χ1) is 7.34. The van der Waals surface area contributed by atoms with Crippen molar-refractivity contribution in [1.82, 2.24) is 0 Å². The molecular weight excluding hydrogens is 252 g/mol. The number of para-hydroxylation sites is 1. The second-order valence-electron chi connectivity index (χ2n) is 3.12. The minimum atomic E-state index is 1.03. The minimum absolute atomic E-state index is 1.03. The molecule has 15 heavy (non-hydrogen) atoms. The van der Waals surface area contributed by atoms with Crippen LogP contribution in [0.15, 0.2) is 59.1 Å². The molecule has 0 bridgehead atoms. The number of hydrogen-bond acceptors (Lipinski definition) is 2. The molecule has 0 heterocycles. The van der Waals surface area contributed by atoms with E-state index in [2.05, 4.69) is 26.8 Å². The van der Waals surface area contributed by atoms with Gasteiger partial charge in [-0.25, -0.2) is 0 Å². The van der Waals surface area contributed by atoms with Crippen molar-refractivity contribution in [1.29, 1.82) is 0 Å². The molecular formula is C12H11BrN2. The van der Waals surface area contributed by atoms with Crippen molar-refractivity contribution in [3.8, 4) is 0 Å². The Morgan fingerprint density at radius 1 is 0.667 bits per heavy atom. The number of hydrogen-bond donors (Lipinski definition) is 2. The Labute approximate surface area is 97.4 Å². The van der Waals surface area contributed by atoms with Crippen molar-refractivity contribution in [2.75, 3.05) is 10.9 Å². The Morgan fingerprint density at radius 2 is 1.20 bits per heavy atom. The molecule has 0 aliphatic carbocycles. The molecule has 0 radical (unpaired) electrons. The third-order valence-electron chi connectivity index (χ3n) is 1.97. The van der Waals surface area contributed by atoms with Crippen LogP contribution in [0.2, 0.25) is 0 Å². The van der Waals surface area contributed by atoms with Gasteiger partial charge in [-0.15, -0.1) is 0 Å². The molecule has 2 aromatic carbocycles. The van der Waals surface area contributed by atoms with E-state index in [9.17, 15) is 0 Å². The molecule has 0 aliphatic heterocycles. The smallest absolute Gasteiger partial charge is 0.0540 e. The summed E-state index contributed by atoms with van der Waals surface area (Å²) in [4.78, 5) is 0. The molecule has 0 unspecified atom stereocenters. The van der Waals surface area contributed by atoms with E-state index in [1.807, 2.05) is 54.6 Å². The Hall–Kier alpha value is -1.48. The van der Waals surface area contributed by atoms with E-state index < -0.39 is 0 Å². The van der Waals surface area contributed by atoms with E-state index in [0.29, 0.717) is 0 Å². The molecule has 0 aliphatic rings. The van der Waals surface area contributed by atoms with Gasteiger partial charge in [0.05, 0.1) is 11.4 Å². The van der Waals surface area contributed by atoms with Crippen LogP contribution in [0.4, 0.5) is 11.4 Å². The lowest BCUT2D eigenvalue weighted by molar-refractivity contribution is 1.41. The van der Waals surface area contributed by atoms with Crippen LogP contribution in [0.5, 0.6) is 0 Å². The molecule has 0 amide bonds. The predicted molar refractivity (Wildman–Crippen MR) is 67.8 cm³/mol. The highest BCUT2D eigenvalue weighted by molar-refractivity contribution is 9.10. The van der Waals surface area contributed by atoms with Crippen LogP contribution < -0.4 is 10.9 Å². The van der Waals surface area contributed by atoms with Crippen molar-refractivity contribution in [2.45, 2.75) is 0 Å². The predicted octanol–water partition coefficient (Wildman–Crippen LogP) is 3.89. The average Bonchev–Trinajstić information content (AvgIpc) is 2.30. The molecule has 0 saturated heterocycles. The monoisotopic (exact) mass is 262 g/mol. The number of anilines is 2. The summed E-state index contributed by atoms with van der Waals surface area (Å²) in [6, 6.07) is 18.0. The number of rotatable bonds is 3. The van der Waals surface area contributed by atoms with Gasteiger partial charge >= 0.3 is 0 Å². The summed E-state index contributed by atoms with van der Waals surface area (Å²) >= 11 is 3.39. The third kappa shape index (κ3) is 2.99. The van der Waals surface area contributed by atoms with E-state index in [1.165, 1.54) is 0 Å². The lowest BCUT2D eigenvalue weighted by Crippen LogP contribution is -2.07. The molecule has 0 fully saturated rings. The van der Waals surface area contributed by atoms with Gasteiger partial charge in [-0.05, 0) is 36.4 Å². The molecule has 0 saturated carbocycles. The molecule has 2 aromatic rings. The van der Waals surface area contributed by atoms with E-state index in [1.54, 1.807) is 0 Å². The van der Waals surface area contributed by atoms with Gasteiger partial charge in [0.2, 0.25) is 0 Å². The summed E-state index contributed by atoms with van der Waals surface area (Å²) < 4.78 is 1.08. The first kappa shape index (κ1) is 10.1. The summed E-state index contributed by atoms with van der Waals surface area (Å²) in [6.07, 6.45) is 0. The number of halogens is 1. The average molecular weight is 263 g/mol. The van der Waals surface area contributed by atoms with E-state index in [-0.39, 0.29) is 0 Å². The van der Waals surface area contributed by atoms with Gasteiger partial charge in [0, 0.05) is 4.47 Å². The molecule has 0 atom stereocenters. The fraction of sp³-hybridized carbons (Fsp3) is 0. The van der Waals surface area contributed by atoms with Crippen LogP contribution in [-0.2, 0) is 0 Å². The highest BCUT2D eigenvalue weighted by atomic mass is 79.9. The molecule has 0 spiro atoms. The summed E-state index contributed by atoms with van der Waals surface area (Å²) in [6.45, 7) is 0. The lowest BCUT2D eigenvalue weighted by Gasteiger charge is -2.09. The van der Waals surface area contributed by atoms with E-state index >= 15 is 0 Å². The topological polar surface area (TPSA) is 24.1 Å². The maximum atomic E-state index is 3.39. The third-order valence-corrected chi connectivity index (χ3v) is 2.50. The molecule has 2 nitrogen and oxygen atoms in total. The van der Waals surface area contributed by atoms with Crippen molar-refractivity contribution in [2.24, 2.45) is 0 Å². The minimum Gasteiger partial charge on any atom is -0.301 e. The zero-order chi connectivity index (χ0) is 10.5. The van der Waals surface area contributed by atoms with Crippen molar-refractivity contribution in [3.05, 3.63) is 59.1 Å². The summed E-state index contributed by atoms with van der Waals surface area (Å²) in [5.41, 5.74) is 8.30. The molecule has 3 heteroatoms. The SMILES string of the molecule is Brc1ccc(NNc2ccccc2)cc1. The number of benzene rings is 2. The second-order valence-corrected chi connectivity index (χ2v) is 4.04. The Balaban J connectivity index is 1.96. The highest BCUT2D eigenvalue weighted by Gasteiger charge is 1.91. The summed E-state index contributed by atoms with van der Waals surface area (Å²) in [5, 5.41) is 0. The molecule has 2 N–H and O–H groups in total. The van der Waals surface area contributed by atoms with Crippen LogP contribution in [0.25, 0.3) is 0 Å². The van der Waals surface area contributed by atoms with Crippen molar-refractivity contribution >= 4 is 27.3 Å². The van der Waals surface area contributed by atoms with Gasteiger partial charge in [0.25, 0.3) is 0 Å². The van der Waals surface area contributed by atoms with Crippen LogP contribution >= 0.6 is 15.9 Å². The first-order valence-corrected chi connectivity index (χ1v) is 5.46. The summed E-state index contributed by atoms with van der Waals surface area (Å²) in [7, 11) is 0. The standard InChI is InChI=1S/C12H11BrN2/c13-10-6-8-12(9-7-10)15-14-11-4-2-1-3-5-11/h1-9,14-15H. The summed E-state index contributed by atoms with van der Waals surface area (Å²) in [5.74, 6) is 0. The fourth-order valence-corrected chi connectivity index (χ4v) is 1.46. The number of nitrogens with one attached hydrogen (secondary N) is 2. The van der Waals surface area contributed by atoms with Gasteiger partial charge in [0.1, 0.15) is 0 Å². The highest BCUT2D eigenvalue weighted by Crippen LogP contribution is 2.14. The van der Waals surface area contributed by atoms with Gasteiger partial charge in [-0.3, -0.25) is 0 Å². The second kappa shape index (κ2) is 4.84. The fourth-order valence-electron chi connectivity index (χ4n) is 1.20. The van der Waals surface area contributed by atoms with Crippen LogP contribution in [0.1, 0.15) is 0 Å². The van der Waals surface area contributed by atoms with Crippen LogP contribution in [0.3, 0.4) is 0 Å². The van der Waals surface area contributed by atoms with Gasteiger partial charge in [-0.2, -0.15) is 0 Å². The first-order valence-electron chi connectivity index (χ1n) is 4.67. The van der Waals surface area contributed by atoms with Crippen LogP contribution in [0, 0.1) is 0 Å². The van der Waals surface area contributed by atoms with Gasteiger partial charge in [-0.1, -0.05) is 34.1 Å². The quantitative estimate of drug-likeness (QED) is 0.821. The Bertz CT molecular complexity index is 411. The Kier molecular flexibility index (Phi) is 3.25. The number of hydrazine groups is 1. The van der Waals surface area contributed by atoms with E-state index in [4.69, 9.17) is 0 Å². The van der Waals surface area contributed by atoms with Crippen molar-refractivity contribution in [3.63, 3.8) is 0 Å². The van der Waals surface area contributed by atoms with Crippen LogP contribution in [-0.4, -0.2) is 0 Å². The van der Waals surface area contributed by atoms with Crippen molar-refractivity contribution < 1.29 is 0 Å². The largest absolute Gasteiger partial charge is 0.301 e. The normalized spacial score (nSPS) is 9.67. The molecule has 76 valence electrons. The maximum Gasteiger partial charge on any atom is 0.0540 e. The van der Waals surface area contributed by atoms with E-state index in [0.717, 1.165) is 15.8 Å². The zero-order valence-electron chi connectivity index (χ0n) is 8.07. The molecule has 0 aromatic heterocycles. The maximum absolute atomic E-state index is 3.39. The van der Waals surface area contributed by atoms with Gasteiger partial charge in [0.15, 0.2) is 0 Å². The molecule has 2 rings (SSSR count). The zero-order valence-corrected chi connectivity index (χ0v) is 9.66. The van der Waals surface area contributed by atoms with Gasteiger partial charge < -0.3 is 10.9 Å². The Morgan fingerprint density at radius 3 is 1.80 bits per heavy atom. The lowest BCUT2D eigenvalue weighted by atomic mass is 10.3.